The van der Waals surface area contributed by atoms with Crippen LogP contribution in [0.1, 0.15) is 25.2 Å². The molecule has 1 aromatic heterocycles. The summed E-state index contributed by atoms with van der Waals surface area (Å²) in [5.41, 5.74) is 4.89. The molecule has 1 aromatic carbocycles. The number of rotatable bonds is 4. The van der Waals surface area contributed by atoms with E-state index in [1.807, 2.05) is 6.07 Å². The Kier molecular flexibility index (Phi) is 3.96. The molecule has 5 heteroatoms. The van der Waals surface area contributed by atoms with Gasteiger partial charge in [0.15, 0.2) is 5.82 Å². The number of hydrogen-bond donors (Lipinski definition) is 1. The zero-order chi connectivity index (χ0) is 13.9. The molecule has 0 amide bonds. The van der Waals surface area contributed by atoms with Crippen molar-refractivity contribution in [2.45, 2.75) is 37.9 Å². The van der Waals surface area contributed by atoms with E-state index in [9.17, 15) is 0 Å². The van der Waals surface area contributed by atoms with Gasteiger partial charge in [-0.1, -0.05) is 55.9 Å². The molecule has 1 unspecified atom stereocenters. The smallest absolute Gasteiger partial charge is 0.210 e. The third-order valence-corrected chi connectivity index (χ3v) is 4.72. The zero-order valence-electron chi connectivity index (χ0n) is 11.9. The molecule has 0 saturated heterocycles. The Balaban J connectivity index is 1.71. The highest BCUT2D eigenvalue weighted by molar-refractivity contribution is 7.99. The molecule has 0 fully saturated rings. The van der Waals surface area contributed by atoms with Crippen molar-refractivity contribution >= 4 is 11.8 Å². The molecule has 0 spiro atoms. The second-order valence-electron chi connectivity index (χ2n) is 5.51. The van der Waals surface area contributed by atoms with Crippen LogP contribution in [-0.4, -0.2) is 26.7 Å². The molecule has 2 heterocycles. The van der Waals surface area contributed by atoms with Gasteiger partial charge in [0.25, 0.3) is 0 Å². The molecule has 0 aliphatic carbocycles. The summed E-state index contributed by atoms with van der Waals surface area (Å²) in [6, 6.07) is 11.0. The van der Waals surface area contributed by atoms with E-state index in [1.54, 1.807) is 11.8 Å². The van der Waals surface area contributed by atoms with Gasteiger partial charge in [0.1, 0.15) is 0 Å². The highest BCUT2D eigenvalue weighted by Gasteiger charge is 2.24. The normalized spacial score (nSPS) is 17.9. The van der Waals surface area contributed by atoms with Crippen molar-refractivity contribution in [3.05, 3.63) is 41.7 Å². The van der Waals surface area contributed by atoms with Gasteiger partial charge < -0.3 is 5.43 Å². The molecule has 3 rings (SSSR count). The number of fused-ring (bicyclic) bond motifs is 1. The predicted molar refractivity (Wildman–Crippen MR) is 82.6 cm³/mol. The highest BCUT2D eigenvalue weighted by atomic mass is 32.2. The zero-order valence-corrected chi connectivity index (χ0v) is 12.7. The van der Waals surface area contributed by atoms with Crippen LogP contribution in [0.2, 0.25) is 0 Å². The van der Waals surface area contributed by atoms with E-state index >= 15 is 0 Å². The first-order valence-electron chi connectivity index (χ1n) is 7.11. The number of nitrogens with zero attached hydrogens (tertiary/aromatic N) is 3. The van der Waals surface area contributed by atoms with Crippen LogP contribution in [0.25, 0.3) is 0 Å². The Hall–Kier alpha value is -1.49. The van der Waals surface area contributed by atoms with Crippen molar-refractivity contribution in [2.24, 2.45) is 5.92 Å². The van der Waals surface area contributed by atoms with Crippen molar-refractivity contribution < 1.29 is 0 Å². The van der Waals surface area contributed by atoms with Gasteiger partial charge in [-0.15, -0.1) is 10.2 Å². The Bertz CT molecular complexity index is 565. The first kappa shape index (κ1) is 13.5. The molecule has 106 valence electrons. The Morgan fingerprint density at radius 2 is 2.05 bits per heavy atom. The molecule has 20 heavy (non-hydrogen) atoms. The van der Waals surface area contributed by atoms with Crippen LogP contribution >= 0.6 is 11.8 Å². The predicted octanol–water partition coefficient (Wildman–Crippen LogP) is 2.74. The first-order chi connectivity index (χ1) is 9.74. The van der Waals surface area contributed by atoms with E-state index in [-0.39, 0.29) is 0 Å². The van der Waals surface area contributed by atoms with Crippen LogP contribution in [-0.2, 0) is 12.8 Å². The average Bonchev–Trinajstić information content (AvgIpc) is 2.88. The summed E-state index contributed by atoms with van der Waals surface area (Å²) in [5.74, 6) is 2.70. The van der Waals surface area contributed by atoms with E-state index < -0.39 is 0 Å². The van der Waals surface area contributed by atoms with Gasteiger partial charge in [0.05, 0.1) is 6.04 Å². The largest absolute Gasteiger partial charge is 0.318 e. The minimum Gasteiger partial charge on any atom is -0.318 e. The topological polar surface area (TPSA) is 42.7 Å². The first-order valence-corrected chi connectivity index (χ1v) is 8.10. The monoisotopic (exact) mass is 288 g/mol. The molecule has 4 nitrogen and oxygen atoms in total. The Labute approximate surface area is 124 Å². The van der Waals surface area contributed by atoms with Crippen molar-refractivity contribution in [2.75, 3.05) is 11.2 Å². The van der Waals surface area contributed by atoms with Crippen molar-refractivity contribution in [1.29, 1.82) is 0 Å². The molecular weight excluding hydrogens is 268 g/mol. The maximum atomic E-state index is 4.34. The van der Waals surface area contributed by atoms with Gasteiger partial charge in [-0.3, -0.25) is 0 Å². The van der Waals surface area contributed by atoms with Gasteiger partial charge in [0.2, 0.25) is 5.16 Å². The fourth-order valence-electron chi connectivity index (χ4n) is 2.30. The maximum Gasteiger partial charge on any atom is 0.210 e. The van der Waals surface area contributed by atoms with Crippen LogP contribution in [0, 0.1) is 5.92 Å². The van der Waals surface area contributed by atoms with Crippen molar-refractivity contribution in [1.82, 2.24) is 14.9 Å². The summed E-state index contributed by atoms with van der Waals surface area (Å²) in [6.07, 6.45) is 1.91. The highest BCUT2D eigenvalue weighted by Crippen LogP contribution is 2.25. The maximum absolute atomic E-state index is 4.34. The Morgan fingerprint density at radius 3 is 2.80 bits per heavy atom. The van der Waals surface area contributed by atoms with Crippen LogP contribution < -0.4 is 5.43 Å². The van der Waals surface area contributed by atoms with Crippen molar-refractivity contribution in [3.63, 3.8) is 0 Å². The van der Waals surface area contributed by atoms with E-state index in [1.165, 1.54) is 5.56 Å². The lowest BCUT2D eigenvalue weighted by atomic mass is 10.1. The van der Waals surface area contributed by atoms with Gasteiger partial charge in [-0.05, 0) is 17.9 Å². The number of thioether (sulfide) groups is 1. The van der Waals surface area contributed by atoms with Gasteiger partial charge in [-0.25, -0.2) is 4.68 Å². The standard InChI is InChI=1S/C15H20N4S/c1-11(2)13-10-20-15-17-16-14(19(15)18-13)9-8-12-6-4-3-5-7-12/h3-7,11,13,18H,8-10H2,1-2H3. The summed E-state index contributed by atoms with van der Waals surface area (Å²) in [5, 5.41) is 9.60. The quantitative estimate of drug-likeness (QED) is 0.939. The number of aryl methyl sites for hydroxylation is 2. The number of nitrogens with one attached hydrogen (secondary N) is 1. The van der Waals surface area contributed by atoms with Crippen LogP contribution in [0.15, 0.2) is 35.5 Å². The van der Waals surface area contributed by atoms with E-state index in [0.717, 1.165) is 29.6 Å². The molecule has 1 aliphatic rings. The molecule has 1 aliphatic heterocycles. The molecule has 0 radical (unpaired) electrons. The second kappa shape index (κ2) is 5.87. The lowest BCUT2D eigenvalue weighted by Gasteiger charge is -2.28. The Morgan fingerprint density at radius 1 is 1.25 bits per heavy atom. The second-order valence-corrected chi connectivity index (χ2v) is 6.50. The fourth-order valence-corrected chi connectivity index (χ4v) is 3.47. The third-order valence-electron chi connectivity index (χ3n) is 3.67. The van der Waals surface area contributed by atoms with Gasteiger partial charge in [-0.2, -0.15) is 0 Å². The summed E-state index contributed by atoms with van der Waals surface area (Å²) < 4.78 is 2.09. The minimum atomic E-state index is 0.485. The fraction of sp³-hybridized carbons (Fsp3) is 0.467. The lowest BCUT2D eigenvalue weighted by molar-refractivity contribution is 0.494. The van der Waals surface area contributed by atoms with E-state index in [2.05, 4.69) is 58.4 Å². The molecule has 0 bridgehead atoms. The summed E-state index contributed by atoms with van der Waals surface area (Å²) in [6.45, 7) is 4.49. The molecule has 2 aromatic rings. The molecular formula is C15H20N4S. The van der Waals surface area contributed by atoms with Gasteiger partial charge >= 0.3 is 0 Å². The van der Waals surface area contributed by atoms with Crippen molar-refractivity contribution in [3.8, 4) is 0 Å². The number of benzene rings is 1. The molecule has 1 atom stereocenters. The summed E-state index contributed by atoms with van der Waals surface area (Å²) in [4.78, 5) is 0. The molecule has 1 N–H and O–H groups in total. The van der Waals surface area contributed by atoms with Crippen LogP contribution in [0.4, 0.5) is 0 Å². The SMILES string of the molecule is CC(C)C1CSc2nnc(CCc3ccccc3)n2N1. The van der Waals surface area contributed by atoms with Crippen LogP contribution in [0.3, 0.4) is 0 Å². The van der Waals surface area contributed by atoms with E-state index in [0.29, 0.717) is 12.0 Å². The third kappa shape index (κ3) is 2.82. The number of aromatic nitrogens is 3. The van der Waals surface area contributed by atoms with Gasteiger partial charge in [0, 0.05) is 12.2 Å². The number of hydrogen-bond acceptors (Lipinski definition) is 4. The summed E-state index contributed by atoms with van der Waals surface area (Å²) in [7, 11) is 0. The summed E-state index contributed by atoms with van der Waals surface area (Å²) >= 11 is 1.79. The minimum absolute atomic E-state index is 0.485. The lowest BCUT2D eigenvalue weighted by Crippen LogP contribution is -2.39. The van der Waals surface area contributed by atoms with Crippen LogP contribution in [0.5, 0.6) is 0 Å². The average molecular weight is 288 g/mol. The van der Waals surface area contributed by atoms with E-state index in [4.69, 9.17) is 0 Å². The molecule has 0 saturated carbocycles.